The van der Waals surface area contributed by atoms with Crippen molar-refractivity contribution in [2.75, 3.05) is 0 Å². The second-order valence-electron chi connectivity index (χ2n) is 6.01. The quantitative estimate of drug-likeness (QED) is 0.878. The first kappa shape index (κ1) is 13.0. The standard InChI is InChI=1S/C13H21N5/c1-8-7-10-16-17-11(18(10)9(2)15-8)12(3,4)13(5,6)14/h7H,14H2,1-6H3. The van der Waals surface area contributed by atoms with E-state index in [0.29, 0.717) is 0 Å². The minimum absolute atomic E-state index is 0.298. The van der Waals surface area contributed by atoms with Crippen molar-refractivity contribution < 1.29 is 0 Å². The van der Waals surface area contributed by atoms with Crippen molar-refractivity contribution in [1.29, 1.82) is 0 Å². The molecule has 2 aromatic heterocycles. The van der Waals surface area contributed by atoms with E-state index in [1.54, 1.807) is 0 Å². The lowest BCUT2D eigenvalue weighted by molar-refractivity contribution is 0.288. The third-order valence-electron chi connectivity index (χ3n) is 3.86. The van der Waals surface area contributed by atoms with Crippen molar-refractivity contribution in [1.82, 2.24) is 19.6 Å². The van der Waals surface area contributed by atoms with Gasteiger partial charge in [-0.05, 0) is 27.7 Å². The molecule has 0 spiro atoms. The van der Waals surface area contributed by atoms with Gasteiger partial charge in [-0.3, -0.25) is 4.40 Å². The predicted molar refractivity (Wildman–Crippen MR) is 71.5 cm³/mol. The molecule has 98 valence electrons. The van der Waals surface area contributed by atoms with Crippen molar-refractivity contribution in [2.45, 2.75) is 52.5 Å². The van der Waals surface area contributed by atoms with Crippen LogP contribution in [-0.2, 0) is 5.41 Å². The second kappa shape index (κ2) is 3.75. The van der Waals surface area contributed by atoms with Crippen LogP contribution in [0.15, 0.2) is 6.07 Å². The molecule has 0 radical (unpaired) electrons. The maximum Gasteiger partial charge on any atom is 0.164 e. The van der Waals surface area contributed by atoms with Crippen LogP contribution in [0, 0.1) is 13.8 Å². The molecule has 0 bridgehead atoms. The lowest BCUT2D eigenvalue weighted by Crippen LogP contribution is -2.51. The van der Waals surface area contributed by atoms with Crippen molar-refractivity contribution in [3.05, 3.63) is 23.4 Å². The predicted octanol–water partition coefficient (Wildman–Crippen LogP) is 1.76. The van der Waals surface area contributed by atoms with Gasteiger partial charge in [-0.2, -0.15) is 0 Å². The van der Waals surface area contributed by atoms with Gasteiger partial charge in [-0.1, -0.05) is 13.8 Å². The Bertz CT molecular complexity index is 589. The van der Waals surface area contributed by atoms with Crippen LogP contribution >= 0.6 is 0 Å². The molecule has 0 unspecified atom stereocenters. The average Bonchev–Trinajstić information content (AvgIpc) is 2.59. The molecule has 0 aliphatic heterocycles. The summed E-state index contributed by atoms with van der Waals surface area (Å²) in [5.74, 6) is 1.75. The molecule has 5 heteroatoms. The molecule has 0 aliphatic carbocycles. The Morgan fingerprint density at radius 3 is 2.28 bits per heavy atom. The zero-order valence-electron chi connectivity index (χ0n) is 11.9. The fourth-order valence-corrected chi connectivity index (χ4v) is 1.93. The SMILES string of the molecule is Cc1cc2nnc(C(C)(C)C(C)(C)N)n2c(C)n1. The molecule has 2 aromatic rings. The Morgan fingerprint density at radius 1 is 1.11 bits per heavy atom. The summed E-state index contributed by atoms with van der Waals surface area (Å²) in [7, 11) is 0. The van der Waals surface area contributed by atoms with Crippen LogP contribution in [0.1, 0.15) is 45.0 Å². The topological polar surface area (TPSA) is 69.1 Å². The third kappa shape index (κ3) is 1.79. The number of hydrogen-bond donors (Lipinski definition) is 1. The van der Waals surface area contributed by atoms with E-state index in [9.17, 15) is 0 Å². The molecule has 2 N–H and O–H groups in total. The van der Waals surface area contributed by atoms with Gasteiger partial charge in [0.1, 0.15) is 11.6 Å². The molecule has 0 aromatic carbocycles. The van der Waals surface area contributed by atoms with Crippen LogP contribution in [0.2, 0.25) is 0 Å². The lowest BCUT2D eigenvalue weighted by Gasteiger charge is -2.37. The molecular formula is C13H21N5. The Balaban J connectivity index is 2.74. The highest BCUT2D eigenvalue weighted by molar-refractivity contribution is 5.41. The number of aromatic nitrogens is 4. The molecule has 0 saturated carbocycles. The smallest absolute Gasteiger partial charge is 0.164 e. The number of nitrogens with two attached hydrogens (primary N) is 1. The van der Waals surface area contributed by atoms with E-state index in [4.69, 9.17) is 5.73 Å². The minimum atomic E-state index is -0.396. The summed E-state index contributed by atoms with van der Waals surface area (Å²) in [6.45, 7) is 12.1. The lowest BCUT2D eigenvalue weighted by atomic mass is 9.74. The van der Waals surface area contributed by atoms with Crippen LogP contribution in [0.25, 0.3) is 5.65 Å². The van der Waals surface area contributed by atoms with E-state index in [0.717, 1.165) is 23.0 Å². The Labute approximate surface area is 107 Å². The van der Waals surface area contributed by atoms with E-state index < -0.39 is 5.54 Å². The second-order valence-corrected chi connectivity index (χ2v) is 6.01. The Hall–Kier alpha value is -1.49. The number of aryl methyl sites for hydroxylation is 2. The van der Waals surface area contributed by atoms with Crippen LogP contribution in [0.3, 0.4) is 0 Å². The monoisotopic (exact) mass is 247 g/mol. The molecule has 2 rings (SSSR count). The van der Waals surface area contributed by atoms with Gasteiger partial charge < -0.3 is 5.73 Å². The summed E-state index contributed by atoms with van der Waals surface area (Å²) < 4.78 is 1.99. The molecule has 0 amide bonds. The number of rotatable bonds is 2. The van der Waals surface area contributed by atoms with Crippen molar-refractivity contribution in [3.63, 3.8) is 0 Å². The molecule has 18 heavy (non-hydrogen) atoms. The van der Waals surface area contributed by atoms with Gasteiger partial charge in [0.25, 0.3) is 0 Å². The summed E-state index contributed by atoms with van der Waals surface area (Å²) in [6.07, 6.45) is 0. The van der Waals surface area contributed by atoms with Crippen LogP contribution in [-0.4, -0.2) is 25.1 Å². The van der Waals surface area contributed by atoms with Gasteiger partial charge in [0, 0.05) is 22.7 Å². The van der Waals surface area contributed by atoms with Gasteiger partial charge in [-0.15, -0.1) is 10.2 Å². The molecule has 0 fully saturated rings. The van der Waals surface area contributed by atoms with Crippen LogP contribution in [0.4, 0.5) is 0 Å². The number of fused-ring (bicyclic) bond motifs is 1. The summed E-state index contributed by atoms with van der Waals surface area (Å²) in [5.41, 5.74) is 7.36. The Kier molecular flexibility index (Phi) is 2.70. The molecule has 0 atom stereocenters. The maximum atomic E-state index is 6.27. The summed E-state index contributed by atoms with van der Waals surface area (Å²) in [6, 6.07) is 1.93. The van der Waals surface area contributed by atoms with E-state index in [-0.39, 0.29) is 5.41 Å². The van der Waals surface area contributed by atoms with E-state index in [1.807, 2.05) is 38.2 Å². The summed E-state index contributed by atoms with van der Waals surface area (Å²) >= 11 is 0. The highest BCUT2D eigenvalue weighted by Crippen LogP contribution is 2.32. The van der Waals surface area contributed by atoms with Crippen LogP contribution in [0.5, 0.6) is 0 Å². The van der Waals surface area contributed by atoms with Crippen molar-refractivity contribution in [2.24, 2.45) is 5.73 Å². The number of nitrogens with zero attached hydrogens (tertiary/aromatic N) is 4. The van der Waals surface area contributed by atoms with E-state index >= 15 is 0 Å². The number of hydrogen-bond acceptors (Lipinski definition) is 4. The van der Waals surface area contributed by atoms with Crippen molar-refractivity contribution in [3.8, 4) is 0 Å². The van der Waals surface area contributed by atoms with Gasteiger partial charge in [0.15, 0.2) is 5.65 Å². The fraction of sp³-hybridized carbons (Fsp3) is 0.615. The fourth-order valence-electron chi connectivity index (χ4n) is 1.93. The first-order valence-electron chi connectivity index (χ1n) is 6.13. The maximum absolute atomic E-state index is 6.27. The van der Waals surface area contributed by atoms with Gasteiger partial charge in [0.05, 0.1) is 0 Å². The molecule has 0 saturated heterocycles. The van der Waals surface area contributed by atoms with E-state index in [1.165, 1.54) is 0 Å². The Morgan fingerprint density at radius 2 is 1.72 bits per heavy atom. The molecule has 2 heterocycles. The van der Waals surface area contributed by atoms with Gasteiger partial charge >= 0.3 is 0 Å². The minimum Gasteiger partial charge on any atom is -0.325 e. The summed E-state index contributed by atoms with van der Waals surface area (Å²) in [4.78, 5) is 4.47. The zero-order chi connectivity index (χ0) is 13.7. The summed E-state index contributed by atoms with van der Waals surface area (Å²) in [5, 5.41) is 8.57. The van der Waals surface area contributed by atoms with E-state index in [2.05, 4.69) is 29.0 Å². The largest absolute Gasteiger partial charge is 0.325 e. The first-order valence-corrected chi connectivity index (χ1v) is 6.13. The zero-order valence-corrected chi connectivity index (χ0v) is 11.9. The average molecular weight is 247 g/mol. The molecule has 0 aliphatic rings. The van der Waals surface area contributed by atoms with Crippen LogP contribution < -0.4 is 5.73 Å². The normalized spacial score (nSPS) is 13.3. The van der Waals surface area contributed by atoms with Crippen molar-refractivity contribution >= 4 is 5.65 Å². The molecular weight excluding hydrogens is 226 g/mol. The van der Waals surface area contributed by atoms with Gasteiger partial charge in [0.2, 0.25) is 0 Å². The highest BCUT2D eigenvalue weighted by atomic mass is 15.3. The third-order valence-corrected chi connectivity index (χ3v) is 3.86. The highest BCUT2D eigenvalue weighted by Gasteiger charge is 2.39. The van der Waals surface area contributed by atoms with Gasteiger partial charge in [-0.25, -0.2) is 4.98 Å². The first-order chi connectivity index (χ1) is 8.14. The molecule has 5 nitrogen and oxygen atoms in total.